The van der Waals surface area contributed by atoms with Crippen LogP contribution in [0.1, 0.15) is 42.9 Å². The number of anilines is 1. The highest BCUT2D eigenvalue weighted by molar-refractivity contribution is 5.96. The van der Waals surface area contributed by atoms with Crippen LogP contribution in [0, 0.1) is 13.8 Å². The molecule has 0 saturated carbocycles. The summed E-state index contributed by atoms with van der Waals surface area (Å²) in [6.07, 6.45) is 0. The van der Waals surface area contributed by atoms with Crippen molar-refractivity contribution in [1.29, 1.82) is 0 Å². The van der Waals surface area contributed by atoms with Crippen LogP contribution in [0.4, 0.5) is 5.69 Å². The number of aryl methyl sites for hydroxylation is 1. The predicted molar refractivity (Wildman–Crippen MR) is 84.1 cm³/mol. The Morgan fingerprint density at radius 1 is 1.24 bits per heavy atom. The Kier molecular flexibility index (Phi) is 4.43. The molecule has 0 spiro atoms. The van der Waals surface area contributed by atoms with Crippen LogP contribution in [0.2, 0.25) is 0 Å². The van der Waals surface area contributed by atoms with Crippen LogP contribution < -0.4 is 11.1 Å². The van der Waals surface area contributed by atoms with Crippen molar-refractivity contribution >= 4 is 11.6 Å². The fourth-order valence-electron chi connectivity index (χ4n) is 2.36. The zero-order valence-corrected chi connectivity index (χ0v) is 12.9. The third-order valence-corrected chi connectivity index (χ3v) is 3.50. The Morgan fingerprint density at radius 3 is 2.38 bits per heavy atom. The van der Waals surface area contributed by atoms with Crippen molar-refractivity contribution in [1.82, 2.24) is 9.78 Å². The van der Waals surface area contributed by atoms with Gasteiger partial charge in [0.15, 0.2) is 0 Å². The highest BCUT2D eigenvalue weighted by Crippen LogP contribution is 2.23. The normalized spacial score (nSPS) is 12.5. The number of hydrogen-bond acceptors (Lipinski definition) is 3. The molecule has 3 N–H and O–H groups in total. The van der Waals surface area contributed by atoms with Gasteiger partial charge in [0, 0.05) is 6.04 Å². The largest absolute Gasteiger partial charge is 0.321 e. The van der Waals surface area contributed by atoms with Gasteiger partial charge in [-0.25, -0.2) is 0 Å². The Hall–Kier alpha value is -2.14. The van der Waals surface area contributed by atoms with Gasteiger partial charge in [0.2, 0.25) is 5.91 Å². The first kappa shape index (κ1) is 15.3. The first-order valence-electron chi connectivity index (χ1n) is 7.09. The van der Waals surface area contributed by atoms with Crippen molar-refractivity contribution in [2.75, 3.05) is 5.32 Å². The summed E-state index contributed by atoms with van der Waals surface area (Å²) in [6, 6.07) is 8.90. The van der Waals surface area contributed by atoms with Crippen LogP contribution in [0.5, 0.6) is 0 Å². The maximum atomic E-state index is 12.3. The van der Waals surface area contributed by atoms with Gasteiger partial charge in [-0.15, -0.1) is 0 Å². The fraction of sp³-hybridized carbons (Fsp3) is 0.375. The van der Waals surface area contributed by atoms with Crippen molar-refractivity contribution < 1.29 is 4.79 Å². The number of benzene rings is 1. The second kappa shape index (κ2) is 6.10. The number of rotatable bonds is 4. The monoisotopic (exact) mass is 286 g/mol. The van der Waals surface area contributed by atoms with Crippen molar-refractivity contribution in [3.8, 4) is 0 Å². The van der Waals surface area contributed by atoms with Gasteiger partial charge in [-0.2, -0.15) is 5.10 Å². The number of hydrogen-bond donors (Lipinski definition) is 2. The van der Waals surface area contributed by atoms with Crippen LogP contribution in [-0.4, -0.2) is 15.7 Å². The minimum Gasteiger partial charge on any atom is -0.321 e. The molecule has 112 valence electrons. The van der Waals surface area contributed by atoms with E-state index in [2.05, 4.69) is 24.3 Å². The predicted octanol–water partition coefficient (Wildman–Crippen LogP) is 2.72. The van der Waals surface area contributed by atoms with E-state index in [0.717, 1.165) is 22.6 Å². The van der Waals surface area contributed by atoms with Crippen LogP contribution in [-0.2, 0) is 4.79 Å². The molecule has 1 aromatic carbocycles. The maximum absolute atomic E-state index is 12.3. The molecule has 0 unspecified atom stereocenters. The van der Waals surface area contributed by atoms with E-state index in [1.807, 2.05) is 48.9 Å². The lowest BCUT2D eigenvalue weighted by Gasteiger charge is -2.13. The van der Waals surface area contributed by atoms with Crippen LogP contribution in [0.25, 0.3) is 0 Å². The molecule has 5 heteroatoms. The number of carbonyl (C=O) groups excluding carboxylic acids is 1. The number of amides is 1. The topological polar surface area (TPSA) is 72.9 Å². The molecule has 1 atom stereocenters. The van der Waals surface area contributed by atoms with Crippen molar-refractivity contribution in [2.24, 2.45) is 5.73 Å². The average molecular weight is 286 g/mol. The van der Waals surface area contributed by atoms with Gasteiger partial charge in [-0.3, -0.25) is 9.48 Å². The third kappa shape index (κ3) is 3.13. The van der Waals surface area contributed by atoms with E-state index in [1.165, 1.54) is 0 Å². The molecule has 0 aliphatic carbocycles. The van der Waals surface area contributed by atoms with Gasteiger partial charge in [0.05, 0.1) is 17.1 Å². The summed E-state index contributed by atoms with van der Waals surface area (Å²) in [7, 11) is 0. The number of carbonyl (C=O) groups is 1. The minimum atomic E-state index is -0.688. The molecular weight excluding hydrogens is 264 g/mol. The molecular formula is C16H22N4O. The van der Waals surface area contributed by atoms with Gasteiger partial charge in [0.25, 0.3) is 0 Å². The number of nitrogens with two attached hydrogens (primary N) is 1. The third-order valence-electron chi connectivity index (χ3n) is 3.50. The quantitative estimate of drug-likeness (QED) is 0.907. The molecule has 1 heterocycles. The summed E-state index contributed by atoms with van der Waals surface area (Å²) < 4.78 is 1.90. The van der Waals surface area contributed by atoms with Crippen LogP contribution >= 0.6 is 0 Å². The Balaban J connectivity index is 2.21. The van der Waals surface area contributed by atoms with Crippen molar-refractivity contribution in [3.63, 3.8) is 0 Å². The second-order valence-corrected chi connectivity index (χ2v) is 5.46. The highest BCUT2D eigenvalue weighted by Gasteiger charge is 2.20. The summed E-state index contributed by atoms with van der Waals surface area (Å²) in [6.45, 7) is 7.95. The average Bonchev–Trinajstić information content (AvgIpc) is 2.75. The summed E-state index contributed by atoms with van der Waals surface area (Å²) in [4.78, 5) is 12.3. The molecule has 1 aromatic heterocycles. The smallest absolute Gasteiger partial charge is 0.245 e. The van der Waals surface area contributed by atoms with Crippen LogP contribution in [0.3, 0.4) is 0 Å². The molecule has 0 bridgehead atoms. The summed E-state index contributed by atoms with van der Waals surface area (Å²) >= 11 is 0. The van der Waals surface area contributed by atoms with Gasteiger partial charge in [-0.1, -0.05) is 30.3 Å². The molecule has 2 rings (SSSR count). The Morgan fingerprint density at radius 2 is 1.86 bits per heavy atom. The fourth-order valence-corrected chi connectivity index (χ4v) is 2.36. The van der Waals surface area contributed by atoms with E-state index in [9.17, 15) is 4.79 Å². The SMILES string of the molecule is Cc1nn(C(C)C)c(C)c1NC(=O)[C@H](N)c1ccccc1. The molecule has 0 radical (unpaired) electrons. The van der Waals surface area contributed by atoms with E-state index < -0.39 is 6.04 Å². The van der Waals surface area contributed by atoms with E-state index in [1.54, 1.807) is 0 Å². The molecule has 0 aliphatic heterocycles. The van der Waals surface area contributed by atoms with Crippen molar-refractivity contribution in [3.05, 3.63) is 47.3 Å². The van der Waals surface area contributed by atoms with E-state index in [4.69, 9.17) is 5.73 Å². The number of aromatic nitrogens is 2. The minimum absolute atomic E-state index is 0.226. The van der Waals surface area contributed by atoms with Gasteiger partial charge in [0.1, 0.15) is 6.04 Å². The molecule has 1 amide bonds. The van der Waals surface area contributed by atoms with E-state index >= 15 is 0 Å². The standard InChI is InChI=1S/C16H22N4O/c1-10(2)20-12(4)15(11(3)19-20)18-16(21)14(17)13-8-6-5-7-9-13/h5-10,14H,17H2,1-4H3,(H,18,21)/t14-/m1/s1. The number of nitrogens with one attached hydrogen (secondary N) is 1. The zero-order valence-electron chi connectivity index (χ0n) is 12.9. The highest BCUT2D eigenvalue weighted by atomic mass is 16.2. The zero-order chi connectivity index (χ0) is 15.6. The van der Waals surface area contributed by atoms with Gasteiger partial charge >= 0.3 is 0 Å². The lowest BCUT2D eigenvalue weighted by molar-refractivity contribution is -0.117. The maximum Gasteiger partial charge on any atom is 0.245 e. The van der Waals surface area contributed by atoms with Crippen LogP contribution in [0.15, 0.2) is 30.3 Å². The van der Waals surface area contributed by atoms with Gasteiger partial charge in [-0.05, 0) is 33.3 Å². The summed E-state index contributed by atoms with van der Waals surface area (Å²) in [5.41, 5.74) is 9.30. The molecule has 0 fully saturated rings. The molecule has 0 aliphatic rings. The first-order chi connectivity index (χ1) is 9.91. The van der Waals surface area contributed by atoms with E-state index in [0.29, 0.717) is 0 Å². The summed E-state index contributed by atoms with van der Waals surface area (Å²) in [5, 5.41) is 7.36. The first-order valence-corrected chi connectivity index (χ1v) is 7.09. The molecule has 21 heavy (non-hydrogen) atoms. The lowest BCUT2D eigenvalue weighted by atomic mass is 10.1. The molecule has 0 saturated heterocycles. The number of nitrogens with zero attached hydrogens (tertiary/aromatic N) is 2. The van der Waals surface area contributed by atoms with Crippen molar-refractivity contribution in [2.45, 2.75) is 39.8 Å². The molecule has 2 aromatic rings. The Labute approximate surface area is 125 Å². The summed E-state index contributed by atoms with van der Waals surface area (Å²) in [5.74, 6) is -0.226. The van der Waals surface area contributed by atoms with E-state index in [-0.39, 0.29) is 11.9 Å². The Bertz CT molecular complexity index is 631. The lowest BCUT2D eigenvalue weighted by Crippen LogP contribution is -2.28. The molecule has 5 nitrogen and oxygen atoms in total. The van der Waals surface area contributed by atoms with Gasteiger partial charge < -0.3 is 11.1 Å². The second-order valence-electron chi connectivity index (χ2n) is 5.46.